The number of aromatic nitrogens is 1. The molecule has 0 saturated heterocycles. The zero-order chi connectivity index (χ0) is 17.9. The molecule has 1 aromatic rings. The molecule has 0 spiro atoms. The molecule has 1 saturated carbocycles. The van der Waals surface area contributed by atoms with Crippen LogP contribution in [0.1, 0.15) is 33.6 Å². The van der Waals surface area contributed by atoms with Gasteiger partial charge < -0.3 is 9.47 Å². The Morgan fingerprint density at radius 2 is 1.79 bits per heavy atom. The molecule has 0 bridgehead atoms. The summed E-state index contributed by atoms with van der Waals surface area (Å²) in [5, 5.41) is 0. The fraction of sp³-hybridized carbons (Fsp3) is 0.625. The second kappa shape index (κ2) is 7.48. The average Bonchev–Trinajstić information content (AvgIpc) is 3.35. The second-order valence-electron chi connectivity index (χ2n) is 5.83. The van der Waals surface area contributed by atoms with Crippen LogP contribution in [0.15, 0.2) is 28.0 Å². The molecule has 8 heteroatoms. The molecule has 0 aliphatic heterocycles. The van der Waals surface area contributed by atoms with Gasteiger partial charge in [0.1, 0.15) is 6.54 Å². The highest BCUT2D eigenvalue weighted by atomic mass is 32.2. The van der Waals surface area contributed by atoms with E-state index in [0.29, 0.717) is 19.6 Å². The van der Waals surface area contributed by atoms with E-state index in [4.69, 9.17) is 0 Å². The molecular weight excluding hydrogens is 330 g/mol. The van der Waals surface area contributed by atoms with Crippen LogP contribution in [0.2, 0.25) is 0 Å². The number of carbonyl (C=O) groups is 1. The maximum absolute atomic E-state index is 12.6. The highest BCUT2D eigenvalue weighted by Crippen LogP contribution is 2.26. The highest BCUT2D eigenvalue weighted by molar-refractivity contribution is 7.89. The standard InChI is InChI=1S/C16H25N3O4S/c1-4-18(5-2)24(22,23)14-9-10-15(20)17(11-14)12-16(21)19(6-3)13-7-8-13/h9-11,13H,4-8,12H2,1-3H3. The summed E-state index contributed by atoms with van der Waals surface area (Å²) in [6, 6.07) is 2.77. The van der Waals surface area contributed by atoms with Gasteiger partial charge in [0.05, 0.1) is 4.90 Å². The first kappa shape index (κ1) is 18.7. The van der Waals surface area contributed by atoms with Crippen molar-refractivity contribution in [1.29, 1.82) is 0 Å². The normalized spacial score (nSPS) is 14.8. The molecule has 0 N–H and O–H groups in total. The van der Waals surface area contributed by atoms with Crippen LogP contribution in [0.4, 0.5) is 0 Å². The minimum absolute atomic E-state index is 0.0353. The third-order valence-corrected chi connectivity index (χ3v) is 6.29. The molecule has 1 aliphatic carbocycles. The lowest BCUT2D eigenvalue weighted by Gasteiger charge is -2.22. The van der Waals surface area contributed by atoms with Crippen molar-refractivity contribution in [3.05, 3.63) is 28.7 Å². The number of rotatable bonds is 8. The average molecular weight is 355 g/mol. The van der Waals surface area contributed by atoms with Gasteiger partial charge in [0.15, 0.2) is 0 Å². The quantitative estimate of drug-likeness (QED) is 0.694. The van der Waals surface area contributed by atoms with E-state index in [1.165, 1.54) is 27.2 Å². The van der Waals surface area contributed by atoms with Crippen LogP contribution in [-0.2, 0) is 21.4 Å². The van der Waals surface area contributed by atoms with Crippen LogP contribution in [-0.4, -0.2) is 53.8 Å². The fourth-order valence-corrected chi connectivity index (χ4v) is 4.24. The third kappa shape index (κ3) is 3.87. The summed E-state index contributed by atoms with van der Waals surface area (Å²) in [7, 11) is -3.66. The predicted molar refractivity (Wildman–Crippen MR) is 91.2 cm³/mol. The van der Waals surface area contributed by atoms with Gasteiger partial charge in [0, 0.05) is 37.9 Å². The Bertz CT molecular complexity index is 749. The van der Waals surface area contributed by atoms with Gasteiger partial charge in [-0.05, 0) is 25.8 Å². The molecule has 1 aromatic heterocycles. The molecule has 2 rings (SSSR count). The smallest absolute Gasteiger partial charge is 0.251 e. The van der Waals surface area contributed by atoms with E-state index < -0.39 is 10.0 Å². The predicted octanol–water partition coefficient (Wildman–Crippen LogP) is 0.890. The SMILES string of the molecule is CCN(C(=O)Cn1cc(S(=O)(=O)N(CC)CC)ccc1=O)C1CC1. The molecule has 0 atom stereocenters. The summed E-state index contributed by atoms with van der Waals surface area (Å²) in [4.78, 5) is 26.2. The van der Waals surface area contributed by atoms with Crippen LogP contribution in [0.5, 0.6) is 0 Å². The van der Waals surface area contributed by atoms with Gasteiger partial charge in [0.25, 0.3) is 5.56 Å². The number of likely N-dealkylation sites (N-methyl/N-ethyl adjacent to an activating group) is 1. The van der Waals surface area contributed by atoms with Crippen molar-refractivity contribution in [1.82, 2.24) is 13.8 Å². The first-order valence-electron chi connectivity index (χ1n) is 8.35. The largest absolute Gasteiger partial charge is 0.338 e. The van der Waals surface area contributed by atoms with Crippen LogP contribution in [0.3, 0.4) is 0 Å². The van der Waals surface area contributed by atoms with Gasteiger partial charge in [0.2, 0.25) is 15.9 Å². The number of nitrogens with zero attached hydrogens (tertiary/aromatic N) is 3. The van der Waals surface area contributed by atoms with Gasteiger partial charge in [-0.3, -0.25) is 9.59 Å². The van der Waals surface area contributed by atoms with Gasteiger partial charge in [-0.25, -0.2) is 8.42 Å². The molecular formula is C16H25N3O4S. The molecule has 1 heterocycles. The van der Waals surface area contributed by atoms with Crippen molar-refractivity contribution in [3.8, 4) is 0 Å². The Morgan fingerprint density at radius 3 is 2.29 bits per heavy atom. The Hall–Kier alpha value is -1.67. The molecule has 7 nitrogen and oxygen atoms in total. The molecule has 0 unspecified atom stereocenters. The summed E-state index contributed by atoms with van der Waals surface area (Å²) in [6.07, 6.45) is 3.25. The van der Waals surface area contributed by atoms with Crippen molar-refractivity contribution in [2.75, 3.05) is 19.6 Å². The van der Waals surface area contributed by atoms with E-state index in [1.807, 2.05) is 6.92 Å². The maximum Gasteiger partial charge on any atom is 0.251 e. The van der Waals surface area contributed by atoms with Crippen LogP contribution >= 0.6 is 0 Å². The van der Waals surface area contributed by atoms with Crippen LogP contribution in [0.25, 0.3) is 0 Å². The van der Waals surface area contributed by atoms with Crippen LogP contribution < -0.4 is 5.56 Å². The van der Waals surface area contributed by atoms with Crippen molar-refractivity contribution >= 4 is 15.9 Å². The van der Waals surface area contributed by atoms with Crippen molar-refractivity contribution in [2.45, 2.75) is 51.1 Å². The Morgan fingerprint density at radius 1 is 1.17 bits per heavy atom. The number of pyridine rings is 1. The molecule has 134 valence electrons. The zero-order valence-corrected chi connectivity index (χ0v) is 15.3. The monoisotopic (exact) mass is 355 g/mol. The van der Waals surface area contributed by atoms with E-state index >= 15 is 0 Å². The number of hydrogen-bond donors (Lipinski definition) is 0. The second-order valence-corrected chi connectivity index (χ2v) is 7.77. The van der Waals surface area contributed by atoms with Crippen molar-refractivity contribution < 1.29 is 13.2 Å². The Labute approximate surface area is 142 Å². The molecule has 24 heavy (non-hydrogen) atoms. The molecule has 1 aliphatic rings. The third-order valence-electron chi connectivity index (χ3n) is 4.25. The molecule has 1 amide bonds. The number of sulfonamides is 1. The van der Waals surface area contributed by atoms with Crippen LogP contribution in [0, 0.1) is 0 Å². The topological polar surface area (TPSA) is 79.7 Å². The first-order chi connectivity index (χ1) is 11.3. The first-order valence-corrected chi connectivity index (χ1v) is 9.79. The van der Waals surface area contributed by atoms with Gasteiger partial charge in [-0.1, -0.05) is 13.8 Å². The Kier molecular flexibility index (Phi) is 5.82. The van der Waals surface area contributed by atoms with E-state index in [1.54, 1.807) is 18.7 Å². The number of hydrogen-bond acceptors (Lipinski definition) is 4. The maximum atomic E-state index is 12.6. The minimum atomic E-state index is -3.66. The van der Waals surface area contributed by atoms with E-state index in [-0.39, 0.29) is 28.9 Å². The van der Waals surface area contributed by atoms with Gasteiger partial charge >= 0.3 is 0 Å². The van der Waals surface area contributed by atoms with Crippen molar-refractivity contribution in [2.24, 2.45) is 0 Å². The van der Waals surface area contributed by atoms with Gasteiger partial charge in [-0.2, -0.15) is 4.31 Å². The van der Waals surface area contributed by atoms with E-state index in [0.717, 1.165) is 12.8 Å². The minimum Gasteiger partial charge on any atom is -0.338 e. The summed E-state index contributed by atoms with van der Waals surface area (Å²) in [5.74, 6) is -0.153. The molecule has 0 aromatic carbocycles. The number of amides is 1. The summed E-state index contributed by atoms with van der Waals surface area (Å²) in [5.41, 5.74) is -0.381. The molecule has 1 fully saturated rings. The van der Waals surface area contributed by atoms with Crippen molar-refractivity contribution in [3.63, 3.8) is 0 Å². The van der Waals surface area contributed by atoms with Gasteiger partial charge in [-0.15, -0.1) is 0 Å². The summed E-state index contributed by atoms with van der Waals surface area (Å²) < 4.78 is 27.6. The highest BCUT2D eigenvalue weighted by Gasteiger charge is 2.31. The molecule has 0 radical (unpaired) electrons. The zero-order valence-electron chi connectivity index (χ0n) is 14.4. The number of carbonyl (C=O) groups excluding carboxylic acids is 1. The lowest BCUT2D eigenvalue weighted by atomic mass is 10.4. The summed E-state index contributed by atoms with van der Waals surface area (Å²) in [6.45, 7) is 6.58. The van der Waals surface area contributed by atoms with E-state index in [2.05, 4.69) is 0 Å². The lowest BCUT2D eigenvalue weighted by molar-refractivity contribution is -0.132. The van der Waals surface area contributed by atoms with E-state index in [9.17, 15) is 18.0 Å². The lowest BCUT2D eigenvalue weighted by Crippen LogP contribution is -2.38. The summed E-state index contributed by atoms with van der Waals surface area (Å²) >= 11 is 0. The fourth-order valence-electron chi connectivity index (χ4n) is 2.76. The Balaban J connectivity index is 2.29.